The van der Waals surface area contributed by atoms with Gasteiger partial charge in [-0.25, -0.2) is 4.39 Å². The van der Waals surface area contributed by atoms with E-state index in [4.69, 9.17) is 0 Å². The van der Waals surface area contributed by atoms with Gasteiger partial charge in [0.25, 0.3) is 5.91 Å². The summed E-state index contributed by atoms with van der Waals surface area (Å²) in [5, 5.41) is 3.04. The Morgan fingerprint density at radius 3 is 2.87 bits per heavy atom. The summed E-state index contributed by atoms with van der Waals surface area (Å²) in [5.41, 5.74) is 2.95. The average Bonchev–Trinajstić information content (AvgIpc) is 2.90. The third-order valence-electron chi connectivity index (χ3n) is 4.94. The monoisotopic (exact) mass is 310 g/mol. The van der Waals surface area contributed by atoms with Crippen LogP contribution in [0.25, 0.3) is 0 Å². The van der Waals surface area contributed by atoms with E-state index in [2.05, 4.69) is 16.3 Å². The second kappa shape index (κ2) is 5.78. The molecule has 1 saturated heterocycles. The molecule has 4 rings (SSSR count). The highest BCUT2D eigenvalue weighted by atomic mass is 19.1. The number of hydrogen-bond acceptors (Lipinski definition) is 2. The molecule has 2 aromatic carbocycles. The molecule has 3 nitrogen and oxygen atoms in total. The number of hydrogen-bond donors (Lipinski definition) is 1. The quantitative estimate of drug-likeness (QED) is 0.925. The maximum absolute atomic E-state index is 13.4. The number of benzene rings is 2. The van der Waals surface area contributed by atoms with Crippen molar-refractivity contribution >= 4 is 5.91 Å². The van der Waals surface area contributed by atoms with Crippen LogP contribution in [0.2, 0.25) is 0 Å². The van der Waals surface area contributed by atoms with Crippen molar-refractivity contribution in [2.45, 2.75) is 12.5 Å². The van der Waals surface area contributed by atoms with Gasteiger partial charge in [0.15, 0.2) is 0 Å². The molecule has 118 valence electrons. The predicted octanol–water partition coefficient (Wildman–Crippen LogP) is 2.78. The van der Waals surface area contributed by atoms with Crippen LogP contribution in [0, 0.1) is 11.7 Å². The molecule has 4 heteroatoms. The number of nitrogens with zero attached hydrogens (tertiary/aromatic N) is 1. The minimum Gasteiger partial charge on any atom is -0.352 e. The van der Waals surface area contributed by atoms with Crippen LogP contribution in [0.3, 0.4) is 0 Å². The Bertz CT molecular complexity index is 746. The Morgan fingerprint density at radius 2 is 2.00 bits per heavy atom. The lowest BCUT2D eigenvalue weighted by Crippen LogP contribution is -2.29. The molecule has 2 aromatic rings. The lowest BCUT2D eigenvalue weighted by molar-refractivity contribution is 0.0951. The molecule has 1 fully saturated rings. The minimum atomic E-state index is -0.187. The molecule has 1 N–H and O–H groups in total. The summed E-state index contributed by atoms with van der Waals surface area (Å²) in [6, 6.07) is 14.7. The minimum absolute atomic E-state index is 0.0340. The van der Waals surface area contributed by atoms with Crippen molar-refractivity contribution in [2.75, 3.05) is 19.6 Å². The number of halogens is 1. The van der Waals surface area contributed by atoms with E-state index in [-0.39, 0.29) is 11.7 Å². The molecule has 2 heterocycles. The first-order valence-electron chi connectivity index (χ1n) is 8.04. The zero-order valence-corrected chi connectivity index (χ0v) is 12.8. The van der Waals surface area contributed by atoms with Crippen molar-refractivity contribution in [3.63, 3.8) is 0 Å². The lowest BCUT2D eigenvalue weighted by Gasteiger charge is -2.17. The molecule has 2 aliphatic rings. The summed E-state index contributed by atoms with van der Waals surface area (Å²) in [4.78, 5) is 14.5. The number of rotatable bonds is 2. The van der Waals surface area contributed by atoms with Crippen LogP contribution in [0.4, 0.5) is 4.39 Å². The summed E-state index contributed by atoms with van der Waals surface area (Å²) in [7, 11) is 0. The first kappa shape index (κ1) is 14.4. The van der Waals surface area contributed by atoms with E-state index in [0.717, 1.165) is 36.3 Å². The second-order valence-electron chi connectivity index (χ2n) is 6.49. The van der Waals surface area contributed by atoms with Crippen LogP contribution in [0.15, 0.2) is 48.5 Å². The van der Waals surface area contributed by atoms with Crippen LogP contribution in [0.1, 0.15) is 27.4 Å². The molecule has 0 spiro atoms. The Morgan fingerprint density at radius 1 is 1.13 bits per heavy atom. The van der Waals surface area contributed by atoms with Crippen LogP contribution >= 0.6 is 0 Å². The number of fused-ring (bicyclic) bond motifs is 3. The molecule has 2 aliphatic heterocycles. The molecule has 0 unspecified atom stereocenters. The van der Waals surface area contributed by atoms with Crippen molar-refractivity contribution < 1.29 is 9.18 Å². The van der Waals surface area contributed by atoms with Gasteiger partial charge >= 0.3 is 0 Å². The first-order chi connectivity index (χ1) is 11.2. The number of carbonyl (C=O) groups is 1. The fraction of sp³-hybridized carbons (Fsp3) is 0.316. The van der Waals surface area contributed by atoms with Crippen molar-refractivity contribution in [1.29, 1.82) is 0 Å². The predicted molar refractivity (Wildman–Crippen MR) is 86.7 cm³/mol. The molecule has 0 aliphatic carbocycles. The van der Waals surface area contributed by atoms with Crippen molar-refractivity contribution in [1.82, 2.24) is 10.2 Å². The van der Waals surface area contributed by atoms with Gasteiger partial charge in [-0.1, -0.05) is 30.3 Å². The van der Waals surface area contributed by atoms with E-state index in [1.165, 1.54) is 6.07 Å². The van der Waals surface area contributed by atoms with E-state index in [1.807, 2.05) is 24.3 Å². The highest BCUT2D eigenvalue weighted by Gasteiger charge is 2.37. The molecule has 0 radical (unpaired) electrons. The molecule has 0 aromatic heterocycles. The Labute approximate surface area is 135 Å². The molecular weight excluding hydrogens is 291 g/mol. The maximum Gasteiger partial charge on any atom is 0.251 e. The topological polar surface area (TPSA) is 32.3 Å². The van der Waals surface area contributed by atoms with E-state index in [1.54, 1.807) is 12.1 Å². The van der Waals surface area contributed by atoms with E-state index in [0.29, 0.717) is 18.4 Å². The van der Waals surface area contributed by atoms with E-state index >= 15 is 0 Å². The van der Waals surface area contributed by atoms with Gasteiger partial charge in [-0.2, -0.15) is 0 Å². The highest BCUT2D eigenvalue weighted by Crippen LogP contribution is 2.36. The van der Waals surface area contributed by atoms with Gasteiger partial charge in [-0.15, -0.1) is 0 Å². The Balaban J connectivity index is 1.57. The average molecular weight is 310 g/mol. The number of carbonyl (C=O) groups excluding carboxylic acids is 1. The largest absolute Gasteiger partial charge is 0.352 e. The molecule has 1 amide bonds. The van der Waals surface area contributed by atoms with Gasteiger partial charge in [0.2, 0.25) is 0 Å². The van der Waals surface area contributed by atoms with Crippen molar-refractivity contribution in [3.05, 3.63) is 71.0 Å². The van der Waals surface area contributed by atoms with Gasteiger partial charge in [-0.3, -0.25) is 9.69 Å². The SMILES string of the molecule is O=C1NC[C@@H]2CN(Cc3cccc(F)c3)C[C@H]2c2ccccc21. The Hall–Kier alpha value is -2.20. The summed E-state index contributed by atoms with van der Waals surface area (Å²) in [6.07, 6.45) is 0. The highest BCUT2D eigenvalue weighted by molar-refractivity contribution is 5.96. The van der Waals surface area contributed by atoms with Crippen LogP contribution in [-0.2, 0) is 6.54 Å². The third kappa shape index (κ3) is 2.75. The molecule has 2 atom stereocenters. The molecular formula is C19H19FN2O. The van der Waals surface area contributed by atoms with Gasteiger partial charge in [0, 0.05) is 37.7 Å². The van der Waals surface area contributed by atoms with Crippen molar-refractivity contribution in [2.24, 2.45) is 5.92 Å². The summed E-state index contributed by atoms with van der Waals surface area (Å²) < 4.78 is 13.4. The smallest absolute Gasteiger partial charge is 0.251 e. The van der Waals surface area contributed by atoms with Crippen LogP contribution < -0.4 is 5.32 Å². The number of likely N-dealkylation sites (tertiary alicyclic amines) is 1. The van der Waals surface area contributed by atoms with Crippen molar-refractivity contribution in [3.8, 4) is 0 Å². The van der Waals surface area contributed by atoms with Gasteiger partial charge in [-0.05, 0) is 35.2 Å². The lowest BCUT2D eigenvalue weighted by atomic mass is 9.87. The summed E-state index contributed by atoms with van der Waals surface area (Å²) in [6.45, 7) is 3.29. The number of nitrogens with one attached hydrogen (secondary N) is 1. The maximum atomic E-state index is 13.4. The molecule has 0 bridgehead atoms. The fourth-order valence-electron chi connectivity index (χ4n) is 3.89. The summed E-state index contributed by atoms with van der Waals surface area (Å²) in [5.74, 6) is 0.620. The third-order valence-corrected chi connectivity index (χ3v) is 4.94. The van der Waals surface area contributed by atoms with Crippen LogP contribution in [0.5, 0.6) is 0 Å². The Kier molecular flexibility index (Phi) is 3.62. The second-order valence-corrected chi connectivity index (χ2v) is 6.49. The summed E-state index contributed by atoms with van der Waals surface area (Å²) >= 11 is 0. The number of amides is 1. The van der Waals surface area contributed by atoms with Crippen LogP contribution in [-0.4, -0.2) is 30.4 Å². The van der Waals surface area contributed by atoms with E-state index < -0.39 is 0 Å². The zero-order valence-electron chi connectivity index (χ0n) is 12.8. The first-order valence-corrected chi connectivity index (χ1v) is 8.04. The van der Waals surface area contributed by atoms with Gasteiger partial charge < -0.3 is 5.32 Å². The molecule has 0 saturated carbocycles. The van der Waals surface area contributed by atoms with E-state index in [9.17, 15) is 9.18 Å². The normalized spacial score (nSPS) is 23.8. The molecule has 23 heavy (non-hydrogen) atoms. The van der Waals surface area contributed by atoms with Gasteiger partial charge in [0.1, 0.15) is 5.82 Å². The standard InChI is InChI=1S/C19H19FN2O/c20-15-5-3-4-13(8-15)10-22-11-14-9-21-19(23)17-7-2-1-6-16(17)18(14)12-22/h1-8,14,18H,9-12H2,(H,21,23)/t14-,18-/m1/s1. The fourth-order valence-corrected chi connectivity index (χ4v) is 3.89. The van der Waals surface area contributed by atoms with Gasteiger partial charge in [0.05, 0.1) is 0 Å². The zero-order chi connectivity index (χ0) is 15.8.